The second-order valence-electron chi connectivity index (χ2n) is 4.88. The Morgan fingerprint density at radius 1 is 1.42 bits per heavy atom. The first-order chi connectivity index (χ1) is 9.09. The lowest BCUT2D eigenvalue weighted by Gasteiger charge is -2.19. The molecule has 1 saturated carbocycles. The standard InChI is InChI=1S/C15H18N2O2/c1-10-5-4-6-11(14(10)18)9-17-13-8-3-2-7-12(13)15(16)19/h2-3,7-10,17H,4-6H2,1H3,(H2,16,19)/b11-9-/t10-/m1/s1. The number of para-hydroxylation sites is 1. The Morgan fingerprint density at radius 2 is 2.16 bits per heavy atom. The third-order valence-corrected chi connectivity index (χ3v) is 3.44. The average Bonchev–Trinajstić information content (AvgIpc) is 2.40. The summed E-state index contributed by atoms with van der Waals surface area (Å²) in [4.78, 5) is 23.2. The van der Waals surface area contributed by atoms with E-state index in [9.17, 15) is 9.59 Å². The minimum atomic E-state index is -0.482. The number of amides is 1. The zero-order valence-electron chi connectivity index (χ0n) is 11.0. The molecule has 1 fully saturated rings. The van der Waals surface area contributed by atoms with Gasteiger partial charge < -0.3 is 11.1 Å². The molecule has 1 atom stereocenters. The number of allylic oxidation sites excluding steroid dienone is 1. The first-order valence-corrected chi connectivity index (χ1v) is 6.48. The number of benzene rings is 1. The van der Waals surface area contributed by atoms with Crippen molar-refractivity contribution in [2.45, 2.75) is 26.2 Å². The quantitative estimate of drug-likeness (QED) is 0.818. The van der Waals surface area contributed by atoms with Gasteiger partial charge in [-0.15, -0.1) is 0 Å². The van der Waals surface area contributed by atoms with Crippen LogP contribution in [0.2, 0.25) is 0 Å². The van der Waals surface area contributed by atoms with Gasteiger partial charge >= 0.3 is 0 Å². The summed E-state index contributed by atoms with van der Waals surface area (Å²) < 4.78 is 0. The predicted octanol–water partition coefficient (Wildman–Crippen LogP) is 2.47. The number of nitrogens with one attached hydrogen (secondary N) is 1. The van der Waals surface area contributed by atoms with Gasteiger partial charge in [-0.25, -0.2) is 0 Å². The Kier molecular flexibility index (Phi) is 4.00. The molecule has 1 aromatic rings. The summed E-state index contributed by atoms with van der Waals surface area (Å²) in [7, 11) is 0. The molecule has 0 radical (unpaired) electrons. The summed E-state index contributed by atoms with van der Waals surface area (Å²) in [6.45, 7) is 1.95. The van der Waals surface area contributed by atoms with E-state index in [1.54, 1.807) is 24.4 Å². The number of Topliss-reactive ketones (excluding diaryl/α,β-unsaturated/α-hetero) is 1. The lowest BCUT2D eigenvalue weighted by Crippen LogP contribution is -2.20. The van der Waals surface area contributed by atoms with Crippen LogP contribution in [0.25, 0.3) is 0 Å². The van der Waals surface area contributed by atoms with Crippen LogP contribution >= 0.6 is 0 Å². The van der Waals surface area contributed by atoms with Crippen molar-refractivity contribution in [2.24, 2.45) is 11.7 Å². The molecule has 1 amide bonds. The number of carbonyl (C=O) groups excluding carboxylic acids is 2. The average molecular weight is 258 g/mol. The first kappa shape index (κ1) is 13.3. The van der Waals surface area contributed by atoms with Crippen LogP contribution < -0.4 is 11.1 Å². The van der Waals surface area contributed by atoms with E-state index in [0.717, 1.165) is 24.8 Å². The topological polar surface area (TPSA) is 72.2 Å². The predicted molar refractivity (Wildman–Crippen MR) is 74.7 cm³/mol. The second kappa shape index (κ2) is 5.69. The van der Waals surface area contributed by atoms with E-state index >= 15 is 0 Å². The molecule has 0 bridgehead atoms. The van der Waals surface area contributed by atoms with Crippen molar-refractivity contribution in [2.75, 3.05) is 5.32 Å². The molecule has 2 rings (SSSR count). The van der Waals surface area contributed by atoms with Crippen molar-refractivity contribution in [1.29, 1.82) is 0 Å². The molecule has 0 unspecified atom stereocenters. The Hall–Kier alpha value is -2.10. The zero-order chi connectivity index (χ0) is 13.8. The van der Waals surface area contributed by atoms with Gasteiger partial charge in [-0.2, -0.15) is 0 Å². The molecule has 1 aliphatic carbocycles. The van der Waals surface area contributed by atoms with Crippen LogP contribution in [0.4, 0.5) is 5.69 Å². The monoisotopic (exact) mass is 258 g/mol. The smallest absolute Gasteiger partial charge is 0.250 e. The Morgan fingerprint density at radius 3 is 2.89 bits per heavy atom. The molecule has 4 heteroatoms. The SMILES string of the molecule is C[C@@H]1CCC/C(=C/Nc2ccccc2C(N)=O)C1=O. The maximum Gasteiger partial charge on any atom is 0.250 e. The highest BCUT2D eigenvalue weighted by Crippen LogP contribution is 2.25. The van der Waals surface area contributed by atoms with Crippen LogP contribution in [0.5, 0.6) is 0 Å². The minimum Gasteiger partial charge on any atom is -0.366 e. The van der Waals surface area contributed by atoms with Crippen LogP contribution in [0, 0.1) is 5.92 Å². The van der Waals surface area contributed by atoms with Crippen molar-refractivity contribution >= 4 is 17.4 Å². The first-order valence-electron chi connectivity index (χ1n) is 6.48. The van der Waals surface area contributed by atoms with Gasteiger partial charge in [0.25, 0.3) is 5.91 Å². The summed E-state index contributed by atoms with van der Waals surface area (Å²) in [6.07, 6.45) is 4.47. The number of anilines is 1. The van der Waals surface area contributed by atoms with Crippen LogP contribution in [-0.4, -0.2) is 11.7 Å². The van der Waals surface area contributed by atoms with Crippen LogP contribution in [0.15, 0.2) is 36.0 Å². The molecule has 0 spiro atoms. The summed E-state index contributed by atoms with van der Waals surface area (Å²) in [5.74, 6) is -0.201. The van der Waals surface area contributed by atoms with Gasteiger partial charge in [-0.05, 0) is 31.4 Å². The molecule has 0 heterocycles. The zero-order valence-corrected chi connectivity index (χ0v) is 11.0. The van der Waals surface area contributed by atoms with Gasteiger partial charge in [0, 0.05) is 17.7 Å². The highest BCUT2D eigenvalue weighted by Gasteiger charge is 2.22. The normalized spacial score (nSPS) is 21.4. The Labute approximate surface area is 112 Å². The van der Waals surface area contributed by atoms with Crippen molar-refractivity contribution < 1.29 is 9.59 Å². The third-order valence-electron chi connectivity index (χ3n) is 3.44. The van der Waals surface area contributed by atoms with E-state index < -0.39 is 5.91 Å². The van der Waals surface area contributed by atoms with Crippen molar-refractivity contribution in [1.82, 2.24) is 0 Å². The summed E-state index contributed by atoms with van der Waals surface area (Å²) >= 11 is 0. The van der Waals surface area contributed by atoms with Crippen LogP contribution in [0.3, 0.4) is 0 Å². The van der Waals surface area contributed by atoms with Gasteiger partial charge in [-0.3, -0.25) is 9.59 Å². The Balaban J connectivity index is 2.18. The second-order valence-corrected chi connectivity index (χ2v) is 4.88. The largest absolute Gasteiger partial charge is 0.366 e. The van der Waals surface area contributed by atoms with Gasteiger partial charge in [-0.1, -0.05) is 19.1 Å². The third kappa shape index (κ3) is 3.02. The summed E-state index contributed by atoms with van der Waals surface area (Å²) in [5, 5.41) is 3.03. The fraction of sp³-hybridized carbons (Fsp3) is 0.333. The molecule has 1 aromatic carbocycles. The molecular formula is C15H18N2O2. The molecule has 1 aliphatic rings. The highest BCUT2D eigenvalue weighted by molar-refractivity contribution is 6.00. The summed E-state index contributed by atoms with van der Waals surface area (Å²) in [5.41, 5.74) is 7.16. The van der Waals surface area contributed by atoms with Crippen molar-refractivity contribution in [3.63, 3.8) is 0 Å². The van der Waals surface area contributed by atoms with Crippen LogP contribution in [-0.2, 0) is 4.79 Å². The lowest BCUT2D eigenvalue weighted by atomic mass is 9.86. The number of rotatable bonds is 3. The summed E-state index contributed by atoms with van der Waals surface area (Å²) in [6, 6.07) is 7.01. The van der Waals surface area contributed by atoms with E-state index in [2.05, 4.69) is 5.32 Å². The highest BCUT2D eigenvalue weighted by atomic mass is 16.1. The van der Waals surface area contributed by atoms with Crippen LogP contribution in [0.1, 0.15) is 36.5 Å². The minimum absolute atomic E-state index is 0.0909. The van der Waals surface area contributed by atoms with E-state index in [0.29, 0.717) is 11.3 Å². The van der Waals surface area contributed by atoms with Crippen molar-refractivity contribution in [3.8, 4) is 0 Å². The fourth-order valence-electron chi connectivity index (χ4n) is 2.30. The molecule has 19 heavy (non-hydrogen) atoms. The van der Waals surface area contributed by atoms with E-state index in [-0.39, 0.29) is 11.7 Å². The maximum absolute atomic E-state index is 12.0. The van der Waals surface area contributed by atoms with Gasteiger partial charge in [0.1, 0.15) is 0 Å². The lowest BCUT2D eigenvalue weighted by molar-refractivity contribution is -0.119. The van der Waals surface area contributed by atoms with Gasteiger partial charge in [0.15, 0.2) is 5.78 Å². The number of ketones is 1. The maximum atomic E-state index is 12.0. The van der Waals surface area contributed by atoms with E-state index in [4.69, 9.17) is 5.73 Å². The number of hydrogen-bond acceptors (Lipinski definition) is 3. The van der Waals surface area contributed by atoms with Gasteiger partial charge in [0.2, 0.25) is 0 Å². The number of nitrogens with two attached hydrogens (primary N) is 1. The number of primary amides is 1. The fourth-order valence-corrected chi connectivity index (χ4v) is 2.30. The molecule has 4 nitrogen and oxygen atoms in total. The molecule has 0 aromatic heterocycles. The molecule has 100 valence electrons. The Bertz CT molecular complexity index is 535. The van der Waals surface area contributed by atoms with Gasteiger partial charge in [0.05, 0.1) is 11.3 Å². The number of hydrogen-bond donors (Lipinski definition) is 2. The van der Waals surface area contributed by atoms with Crippen molar-refractivity contribution in [3.05, 3.63) is 41.6 Å². The molecule has 0 saturated heterocycles. The molecular weight excluding hydrogens is 240 g/mol. The van der Waals surface area contributed by atoms with E-state index in [1.807, 2.05) is 13.0 Å². The number of carbonyl (C=O) groups is 2. The molecule has 3 N–H and O–H groups in total. The molecule has 0 aliphatic heterocycles. The van der Waals surface area contributed by atoms with E-state index in [1.165, 1.54) is 0 Å².